The first-order valence-corrected chi connectivity index (χ1v) is 8.59. The van der Waals surface area contributed by atoms with E-state index in [2.05, 4.69) is 0 Å². The van der Waals surface area contributed by atoms with Gasteiger partial charge in [0.05, 0.1) is 12.3 Å². The Bertz CT molecular complexity index is 725. The molecule has 5 nitrogen and oxygen atoms in total. The second-order valence-corrected chi connectivity index (χ2v) is 6.21. The van der Waals surface area contributed by atoms with Gasteiger partial charge in [-0.05, 0) is 56.9 Å². The van der Waals surface area contributed by atoms with Gasteiger partial charge in [0.1, 0.15) is 5.69 Å². The minimum atomic E-state index is -0.787. The minimum absolute atomic E-state index is 0.318. The van der Waals surface area contributed by atoms with Crippen molar-refractivity contribution in [3.63, 3.8) is 0 Å². The van der Waals surface area contributed by atoms with E-state index in [1.807, 2.05) is 28.9 Å². The van der Waals surface area contributed by atoms with E-state index < -0.39 is 12.1 Å². The SMILES string of the molecule is CCOC(=O)C(OC)c1nn(-c2ccc(Cl)cc2)c2c1CCCC2. The summed E-state index contributed by atoms with van der Waals surface area (Å²) in [6.45, 7) is 2.10. The molecule has 0 fully saturated rings. The quantitative estimate of drug-likeness (QED) is 0.774. The Hall–Kier alpha value is -1.85. The molecular formula is C18H21ClN2O3. The normalized spacial score (nSPS) is 15.0. The highest BCUT2D eigenvalue weighted by molar-refractivity contribution is 6.30. The highest BCUT2D eigenvalue weighted by Gasteiger charge is 2.31. The summed E-state index contributed by atoms with van der Waals surface area (Å²) < 4.78 is 12.5. The van der Waals surface area contributed by atoms with E-state index in [-0.39, 0.29) is 0 Å². The zero-order valence-corrected chi connectivity index (χ0v) is 14.7. The Morgan fingerprint density at radius 2 is 2.00 bits per heavy atom. The molecule has 0 saturated carbocycles. The number of aromatic nitrogens is 2. The maximum Gasteiger partial charge on any atom is 0.341 e. The van der Waals surface area contributed by atoms with Crippen molar-refractivity contribution >= 4 is 17.6 Å². The van der Waals surface area contributed by atoms with Crippen molar-refractivity contribution in [1.82, 2.24) is 9.78 Å². The highest BCUT2D eigenvalue weighted by Crippen LogP contribution is 2.32. The molecule has 1 heterocycles. The number of fused-ring (bicyclic) bond motifs is 1. The molecule has 1 aromatic carbocycles. The molecular weight excluding hydrogens is 328 g/mol. The average Bonchev–Trinajstić information content (AvgIpc) is 2.96. The standard InChI is InChI=1S/C18H21ClN2O3/c1-3-24-18(22)17(23-2)16-14-6-4-5-7-15(14)21(20-16)13-10-8-12(19)9-11-13/h8-11,17H,3-7H2,1-2H3. The third-order valence-corrected chi connectivity index (χ3v) is 4.52. The average molecular weight is 349 g/mol. The topological polar surface area (TPSA) is 53.4 Å². The van der Waals surface area contributed by atoms with Gasteiger partial charge in [0.15, 0.2) is 6.10 Å². The van der Waals surface area contributed by atoms with Crippen molar-refractivity contribution in [2.75, 3.05) is 13.7 Å². The summed E-state index contributed by atoms with van der Waals surface area (Å²) in [7, 11) is 1.51. The third kappa shape index (κ3) is 3.19. The van der Waals surface area contributed by atoms with Crippen molar-refractivity contribution in [3.8, 4) is 5.69 Å². The highest BCUT2D eigenvalue weighted by atomic mass is 35.5. The molecule has 0 radical (unpaired) electrons. The molecule has 24 heavy (non-hydrogen) atoms. The van der Waals surface area contributed by atoms with Crippen molar-refractivity contribution in [2.24, 2.45) is 0 Å². The largest absolute Gasteiger partial charge is 0.464 e. The summed E-state index contributed by atoms with van der Waals surface area (Å²) in [6.07, 6.45) is 3.25. The number of benzene rings is 1. The number of carbonyl (C=O) groups is 1. The Morgan fingerprint density at radius 3 is 2.67 bits per heavy atom. The molecule has 1 unspecified atom stereocenters. The molecule has 1 atom stereocenters. The lowest BCUT2D eigenvalue weighted by Crippen LogP contribution is -2.20. The van der Waals surface area contributed by atoms with Gasteiger partial charge in [0, 0.05) is 23.4 Å². The van der Waals surface area contributed by atoms with Crippen molar-refractivity contribution < 1.29 is 14.3 Å². The number of esters is 1. The minimum Gasteiger partial charge on any atom is -0.464 e. The van der Waals surface area contributed by atoms with Gasteiger partial charge in [-0.3, -0.25) is 0 Å². The number of rotatable bonds is 5. The van der Waals surface area contributed by atoms with Crippen LogP contribution in [0.2, 0.25) is 5.02 Å². The number of methoxy groups -OCH3 is 1. The first kappa shape index (κ1) is 17.0. The molecule has 0 aliphatic heterocycles. The van der Waals surface area contributed by atoms with Gasteiger partial charge in [-0.25, -0.2) is 9.48 Å². The summed E-state index contributed by atoms with van der Waals surface area (Å²) in [5.74, 6) is -0.394. The van der Waals surface area contributed by atoms with Crippen LogP contribution < -0.4 is 0 Å². The van der Waals surface area contributed by atoms with Crippen LogP contribution in [-0.2, 0) is 27.1 Å². The van der Waals surface area contributed by atoms with Crippen molar-refractivity contribution in [2.45, 2.75) is 38.7 Å². The number of ether oxygens (including phenoxy) is 2. The number of carbonyl (C=O) groups excluding carboxylic acids is 1. The van der Waals surface area contributed by atoms with Crippen LogP contribution in [0, 0.1) is 0 Å². The summed E-state index contributed by atoms with van der Waals surface area (Å²) in [5, 5.41) is 5.40. The molecule has 0 spiro atoms. The maximum absolute atomic E-state index is 12.2. The van der Waals surface area contributed by atoms with E-state index in [9.17, 15) is 4.79 Å². The molecule has 1 aliphatic rings. The molecule has 0 saturated heterocycles. The lowest BCUT2D eigenvalue weighted by Gasteiger charge is -2.16. The fourth-order valence-electron chi connectivity index (χ4n) is 3.17. The zero-order chi connectivity index (χ0) is 17.1. The van der Waals surface area contributed by atoms with Crippen LogP contribution in [0.5, 0.6) is 0 Å². The molecule has 128 valence electrons. The molecule has 1 aliphatic carbocycles. The summed E-state index contributed by atoms with van der Waals surface area (Å²) >= 11 is 5.99. The summed E-state index contributed by atoms with van der Waals surface area (Å²) in [6, 6.07) is 7.54. The van der Waals surface area contributed by atoms with Gasteiger partial charge in [0.2, 0.25) is 0 Å². The van der Waals surface area contributed by atoms with Gasteiger partial charge in [-0.15, -0.1) is 0 Å². The molecule has 0 amide bonds. The van der Waals surface area contributed by atoms with E-state index in [1.165, 1.54) is 7.11 Å². The van der Waals surface area contributed by atoms with Gasteiger partial charge >= 0.3 is 5.97 Å². The first-order chi connectivity index (χ1) is 11.7. The second-order valence-electron chi connectivity index (χ2n) is 5.77. The van der Waals surface area contributed by atoms with Gasteiger partial charge in [-0.1, -0.05) is 11.6 Å². The molecule has 3 rings (SSSR count). The molecule has 6 heteroatoms. The van der Waals surface area contributed by atoms with Crippen LogP contribution >= 0.6 is 11.6 Å². The summed E-state index contributed by atoms with van der Waals surface area (Å²) in [4.78, 5) is 12.2. The molecule has 2 aromatic rings. The van der Waals surface area contributed by atoms with Crippen molar-refractivity contribution in [1.29, 1.82) is 0 Å². The Kier molecular flexibility index (Phi) is 5.21. The monoisotopic (exact) mass is 348 g/mol. The first-order valence-electron chi connectivity index (χ1n) is 8.21. The molecule has 0 bridgehead atoms. The third-order valence-electron chi connectivity index (χ3n) is 4.27. The Labute approximate surface area is 146 Å². The number of hydrogen-bond donors (Lipinski definition) is 0. The van der Waals surface area contributed by atoms with Crippen LogP contribution in [0.15, 0.2) is 24.3 Å². The predicted octanol–water partition coefficient (Wildman–Crippen LogP) is 3.66. The van der Waals surface area contributed by atoms with Gasteiger partial charge in [0.25, 0.3) is 0 Å². The lowest BCUT2D eigenvalue weighted by atomic mass is 9.94. The van der Waals surface area contributed by atoms with Crippen LogP contribution in [0.1, 0.15) is 42.8 Å². The van der Waals surface area contributed by atoms with E-state index in [1.54, 1.807) is 6.92 Å². The number of halogens is 1. The maximum atomic E-state index is 12.2. The molecule has 1 aromatic heterocycles. The fraction of sp³-hybridized carbons (Fsp3) is 0.444. The van der Waals surface area contributed by atoms with Crippen LogP contribution in [0.25, 0.3) is 5.69 Å². The second kappa shape index (κ2) is 7.36. The van der Waals surface area contributed by atoms with Crippen molar-refractivity contribution in [3.05, 3.63) is 46.2 Å². The zero-order valence-electron chi connectivity index (χ0n) is 13.9. The lowest BCUT2D eigenvalue weighted by molar-refractivity contribution is -0.155. The van der Waals surface area contributed by atoms with E-state index in [0.717, 1.165) is 42.6 Å². The van der Waals surface area contributed by atoms with Gasteiger partial charge in [-0.2, -0.15) is 5.10 Å². The Balaban J connectivity index is 2.07. The summed E-state index contributed by atoms with van der Waals surface area (Å²) in [5.41, 5.74) is 3.85. The van der Waals surface area contributed by atoms with Gasteiger partial charge < -0.3 is 9.47 Å². The number of hydrogen-bond acceptors (Lipinski definition) is 4. The van der Waals surface area contributed by atoms with Crippen LogP contribution in [-0.4, -0.2) is 29.5 Å². The van der Waals surface area contributed by atoms with E-state index in [4.69, 9.17) is 26.2 Å². The Morgan fingerprint density at radius 1 is 1.29 bits per heavy atom. The predicted molar refractivity (Wildman–Crippen MR) is 91.6 cm³/mol. The van der Waals surface area contributed by atoms with E-state index >= 15 is 0 Å². The smallest absolute Gasteiger partial charge is 0.341 e. The number of nitrogens with zero attached hydrogens (tertiary/aromatic N) is 2. The van der Waals surface area contributed by atoms with Crippen LogP contribution in [0.4, 0.5) is 0 Å². The fourth-order valence-corrected chi connectivity index (χ4v) is 3.30. The van der Waals surface area contributed by atoms with E-state index in [0.29, 0.717) is 17.3 Å². The van der Waals surface area contributed by atoms with Crippen LogP contribution in [0.3, 0.4) is 0 Å². The molecule has 0 N–H and O–H groups in total.